The first-order chi connectivity index (χ1) is 12.2. The van der Waals surface area contributed by atoms with Crippen molar-refractivity contribution in [3.05, 3.63) is 52.2 Å². The van der Waals surface area contributed by atoms with Crippen LogP contribution in [0.2, 0.25) is 0 Å². The van der Waals surface area contributed by atoms with E-state index in [1.165, 1.54) is 4.88 Å². The van der Waals surface area contributed by atoms with Gasteiger partial charge in [0.05, 0.1) is 0 Å². The molecule has 0 radical (unpaired) electrons. The van der Waals surface area contributed by atoms with Crippen molar-refractivity contribution in [2.75, 3.05) is 45.9 Å². The highest BCUT2D eigenvalue weighted by Gasteiger charge is 2.19. The number of ether oxygens (including phenoxy) is 1. The van der Waals surface area contributed by atoms with Crippen LogP contribution in [0.15, 0.2) is 41.8 Å². The van der Waals surface area contributed by atoms with E-state index >= 15 is 0 Å². The van der Waals surface area contributed by atoms with Gasteiger partial charge in [0.25, 0.3) is 0 Å². The number of β-amino-alcohol motifs (C(OH)–C–C–N with tert-alkyl or cyclic N) is 1. The molecule has 2 aromatic rings. The molecule has 1 unspecified atom stereocenters. The van der Waals surface area contributed by atoms with E-state index in [4.69, 9.17) is 4.74 Å². The molecule has 1 fully saturated rings. The van der Waals surface area contributed by atoms with Gasteiger partial charge in [-0.2, -0.15) is 0 Å². The molecule has 2 heterocycles. The van der Waals surface area contributed by atoms with Gasteiger partial charge in [0.1, 0.15) is 18.5 Å². The van der Waals surface area contributed by atoms with Gasteiger partial charge >= 0.3 is 0 Å². The third kappa shape index (κ3) is 5.82. The number of hydrogen-bond acceptors (Lipinski definition) is 5. The lowest BCUT2D eigenvalue weighted by atomic mass is 10.2. The second kappa shape index (κ2) is 9.34. The van der Waals surface area contributed by atoms with Crippen molar-refractivity contribution in [2.45, 2.75) is 19.4 Å². The van der Waals surface area contributed by atoms with Gasteiger partial charge in [0.2, 0.25) is 0 Å². The number of para-hydroxylation sites is 1. The third-order valence-corrected chi connectivity index (χ3v) is 5.65. The lowest BCUT2D eigenvalue weighted by molar-refractivity contribution is 0.0462. The second-order valence-corrected chi connectivity index (χ2v) is 7.73. The van der Waals surface area contributed by atoms with E-state index in [9.17, 15) is 5.11 Å². The van der Waals surface area contributed by atoms with Crippen molar-refractivity contribution in [1.29, 1.82) is 0 Å². The van der Waals surface area contributed by atoms with Gasteiger partial charge < -0.3 is 14.7 Å². The molecule has 1 aliphatic rings. The summed E-state index contributed by atoms with van der Waals surface area (Å²) in [6.07, 6.45) is 0.696. The summed E-state index contributed by atoms with van der Waals surface area (Å²) in [7, 11) is 0. The Morgan fingerprint density at radius 2 is 1.84 bits per heavy atom. The van der Waals surface area contributed by atoms with Crippen LogP contribution in [0.4, 0.5) is 0 Å². The Morgan fingerprint density at radius 1 is 1.08 bits per heavy atom. The zero-order chi connectivity index (χ0) is 17.5. The second-order valence-electron chi connectivity index (χ2n) is 6.70. The smallest absolute Gasteiger partial charge is 0.122 e. The predicted molar refractivity (Wildman–Crippen MR) is 104 cm³/mol. The number of thiophene rings is 1. The Balaban J connectivity index is 1.33. The minimum absolute atomic E-state index is 0.351. The average molecular weight is 361 g/mol. The van der Waals surface area contributed by atoms with Crippen LogP contribution in [0.25, 0.3) is 0 Å². The monoisotopic (exact) mass is 360 g/mol. The number of piperazine rings is 1. The van der Waals surface area contributed by atoms with Crippen molar-refractivity contribution >= 4 is 11.3 Å². The summed E-state index contributed by atoms with van der Waals surface area (Å²) in [5, 5.41) is 12.4. The van der Waals surface area contributed by atoms with Gasteiger partial charge in [-0.1, -0.05) is 24.3 Å². The van der Waals surface area contributed by atoms with Crippen LogP contribution in [0.3, 0.4) is 0 Å². The highest BCUT2D eigenvalue weighted by atomic mass is 32.1. The molecule has 0 aliphatic carbocycles. The van der Waals surface area contributed by atoms with E-state index in [-0.39, 0.29) is 0 Å². The molecule has 136 valence electrons. The number of aryl methyl sites for hydroxylation is 1. The minimum atomic E-state index is -0.447. The molecular formula is C20H28N2O2S. The molecule has 1 saturated heterocycles. The molecule has 1 aromatic heterocycles. The molecule has 1 atom stereocenters. The zero-order valence-electron chi connectivity index (χ0n) is 14.9. The van der Waals surface area contributed by atoms with Crippen molar-refractivity contribution in [1.82, 2.24) is 9.80 Å². The molecule has 1 N–H and O–H groups in total. The Labute approximate surface area is 154 Å². The Hall–Kier alpha value is -1.40. The molecule has 0 saturated carbocycles. The normalized spacial score (nSPS) is 17.5. The van der Waals surface area contributed by atoms with Crippen LogP contribution in [0.1, 0.15) is 10.4 Å². The molecule has 1 aliphatic heterocycles. The summed E-state index contributed by atoms with van der Waals surface area (Å²) >= 11 is 1.84. The zero-order valence-corrected chi connectivity index (χ0v) is 15.8. The van der Waals surface area contributed by atoms with Crippen LogP contribution in [0, 0.1) is 6.92 Å². The Bertz CT molecular complexity index is 624. The lowest BCUT2D eigenvalue weighted by Crippen LogP contribution is -2.49. The molecule has 0 bridgehead atoms. The fourth-order valence-corrected chi connectivity index (χ4v) is 3.87. The van der Waals surface area contributed by atoms with Gasteiger partial charge in [-0.05, 0) is 36.4 Å². The van der Waals surface area contributed by atoms with Gasteiger partial charge in [0.15, 0.2) is 0 Å². The van der Waals surface area contributed by atoms with Crippen molar-refractivity contribution < 1.29 is 9.84 Å². The predicted octanol–water partition coefficient (Wildman–Crippen LogP) is 2.66. The first-order valence-corrected chi connectivity index (χ1v) is 9.92. The molecule has 4 nitrogen and oxygen atoms in total. The van der Waals surface area contributed by atoms with Crippen LogP contribution in [0.5, 0.6) is 5.75 Å². The van der Waals surface area contributed by atoms with E-state index in [0.717, 1.165) is 50.5 Å². The Morgan fingerprint density at radius 3 is 2.56 bits per heavy atom. The molecule has 5 heteroatoms. The summed E-state index contributed by atoms with van der Waals surface area (Å²) in [5.74, 6) is 0.861. The fraction of sp³-hybridized carbons (Fsp3) is 0.500. The SMILES string of the molecule is Cc1ccccc1OCC(O)CN1CCN(CCc2cccs2)CC1. The Kier molecular flexibility index (Phi) is 6.87. The van der Waals surface area contributed by atoms with Crippen LogP contribution < -0.4 is 4.74 Å². The van der Waals surface area contributed by atoms with Crippen molar-refractivity contribution in [2.24, 2.45) is 0 Å². The van der Waals surface area contributed by atoms with E-state index in [1.54, 1.807) is 0 Å². The van der Waals surface area contributed by atoms with Crippen LogP contribution >= 0.6 is 11.3 Å². The highest BCUT2D eigenvalue weighted by Crippen LogP contribution is 2.16. The highest BCUT2D eigenvalue weighted by molar-refractivity contribution is 7.09. The third-order valence-electron chi connectivity index (χ3n) is 4.71. The fourth-order valence-electron chi connectivity index (χ4n) is 3.17. The standard InChI is InChI=1S/C20H28N2O2S/c1-17-5-2-3-7-20(17)24-16-18(23)15-22-12-10-21(11-13-22)9-8-19-6-4-14-25-19/h2-7,14,18,23H,8-13,15-16H2,1H3. The maximum absolute atomic E-state index is 10.3. The average Bonchev–Trinajstić information content (AvgIpc) is 3.14. The van der Waals surface area contributed by atoms with Gasteiger partial charge in [0, 0.05) is 44.1 Å². The largest absolute Gasteiger partial charge is 0.491 e. The summed E-state index contributed by atoms with van der Waals surface area (Å²) in [5.41, 5.74) is 1.11. The minimum Gasteiger partial charge on any atom is -0.491 e. The molecule has 3 rings (SSSR count). The van der Waals surface area contributed by atoms with Crippen LogP contribution in [-0.4, -0.2) is 66.9 Å². The number of rotatable bonds is 8. The number of benzene rings is 1. The first-order valence-electron chi connectivity index (χ1n) is 9.04. The molecular weight excluding hydrogens is 332 g/mol. The van der Waals surface area contributed by atoms with E-state index in [0.29, 0.717) is 13.2 Å². The topological polar surface area (TPSA) is 35.9 Å². The van der Waals surface area contributed by atoms with E-state index < -0.39 is 6.10 Å². The van der Waals surface area contributed by atoms with Crippen LogP contribution in [-0.2, 0) is 6.42 Å². The van der Waals surface area contributed by atoms with Gasteiger partial charge in [-0.3, -0.25) is 4.90 Å². The summed E-state index contributed by atoms with van der Waals surface area (Å²) in [6, 6.07) is 12.3. The summed E-state index contributed by atoms with van der Waals surface area (Å²) in [4.78, 5) is 6.33. The molecule has 1 aromatic carbocycles. The van der Waals surface area contributed by atoms with Gasteiger partial charge in [-0.15, -0.1) is 11.3 Å². The number of hydrogen-bond donors (Lipinski definition) is 1. The van der Waals surface area contributed by atoms with E-state index in [2.05, 4.69) is 27.3 Å². The lowest BCUT2D eigenvalue weighted by Gasteiger charge is -2.35. The number of aliphatic hydroxyl groups excluding tert-OH is 1. The quantitative estimate of drug-likeness (QED) is 0.785. The maximum atomic E-state index is 10.3. The van der Waals surface area contributed by atoms with Gasteiger partial charge in [-0.25, -0.2) is 0 Å². The summed E-state index contributed by atoms with van der Waals surface area (Å²) < 4.78 is 5.76. The first kappa shape index (κ1) is 18.4. The molecule has 25 heavy (non-hydrogen) atoms. The van der Waals surface area contributed by atoms with Crippen molar-refractivity contribution in [3.63, 3.8) is 0 Å². The molecule has 0 spiro atoms. The maximum Gasteiger partial charge on any atom is 0.122 e. The van der Waals surface area contributed by atoms with Crippen molar-refractivity contribution in [3.8, 4) is 5.75 Å². The summed E-state index contributed by atoms with van der Waals surface area (Å²) in [6.45, 7) is 8.39. The molecule has 0 amide bonds. The number of aliphatic hydroxyl groups is 1. The number of nitrogens with zero attached hydrogens (tertiary/aromatic N) is 2. The van der Waals surface area contributed by atoms with E-state index in [1.807, 2.05) is 42.5 Å².